The number of halogens is 1. The van der Waals surface area contributed by atoms with Gasteiger partial charge in [-0.25, -0.2) is 9.07 Å². The number of anilines is 1. The van der Waals surface area contributed by atoms with Crippen LogP contribution in [-0.2, 0) is 11.3 Å². The predicted octanol–water partition coefficient (Wildman–Crippen LogP) is 4.45. The van der Waals surface area contributed by atoms with Gasteiger partial charge in [-0.05, 0) is 54.6 Å². The molecule has 3 aromatic carbocycles. The van der Waals surface area contributed by atoms with E-state index in [4.69, 9.17) is 4.74 Å². The van der Waals surface area contributed by atoms with Gasteiger partial charge >= 0.3 is 0 Å². The lowest BCUT2D eigenvalue weighted by Crippen LogP contribution is -2.26. The average Bonchev–Trinajstić information content (AvgIpc) is 3.11. The molecule has 5 aromatic rings. The van der Waals surface area contributed by atoms with Crippen molar-refractivity contribution in [1.82, 2.24) is 14.8 Å². The molecule has 158 valence electrons. The van der Waals surface area contributed by atoms with Crippen molar-refractivity contribution in [2.45, 2.75) is 6.54 Å². The van der Waals surface area contributed by atoms with E-state index in [9.17, 15) is 14.0 Å². The topological polar surface area (TPSA) is 89.0 Å². The first-order valence-electron chi connectivity index (χ1n) is 9.86. The summed E-state index contributed by atoms with van der Waals surface area (Å²) in [7, 11) is 0. The molecule has 0 aliphatic carbocycles. The number of pyridine rings is 1. The molecule has 0 saturated carbocycles. The van der Waals surface area contributed by atoms with Gasteiger partial charge in [-0.3, -0.25) is 19.7 Å². The van der Waals surface area contributed by atoms with E-state index >= 15 is 0 Å². The highest BCUT2D eigenvalue weighted by Gasteiger charge is 2.14. The summed E-state index contributed by atoms with van der Waals surface area (Å²) in [4.78, 5) is 29.4. The van der Waals surface area contributed by atoms with Crippen LogP contribution in [0.2, 0.25) is 0 Å². The van der Waals surface area contributed by atoms with E-state index in [1.165, 1.54) is 29.1 Å². The fourth-order valence-corrected chi connectivity index (χ4v) is 3.46. The fraction of sp³-hybridized carbons (Fsp3) is 0.0417. The highest BCUT2D eigenvalue weighted by atomic mass is 19.1. The van der Waals surface area contributed by atoms with Gasteiger partial charge < -0.3 is 10.1 Å². The SMILES string of the molecule is O=C(Cn1[nH]c2c(cnc3ccc(F)cc32)c1=O)Nc1ccc(Oc2ccccc2)cc1. The van der Waals surface area contributed by atoms with Crippen LogP contribution in [0.4, 0.5) is 10.1 Å². The molecule has 2 heterocycles. The number of aromatic nitrogens is 3. The van der Waals surface area contributed by atoms with E-state index in [0.29, 0.717) is 39.0 Å². The summed E-state index contributed by atoms with van der Waals surface area (Å²) in [6.07, 6.45) is 1.42. The molecule has 0 unspecified atom stereocenters. The van der Waals surface area contributed by atoms with Crippen molar-refractivity contribution in [3.05, 3.63) is 95.2 Å². The number of H-pyrrole nitrogens is 1. The number of carbonyl (C=O) groups excluding carboxylic acids is 1. The van der Waals surface area contributed by atoms with Gasteiger partial charge in [-0.2, -0.15) is 0 Å². The van der Waals surface area contributed by atoms with Crippen LogP contribution < -0.4 is 15.6 Å². The Morgan fingerprint density at radius 3 is 2.53 bits per heavy atom. The summed E-state index contributed by atoms with van der Waals surface area (Å²) in [5.74, 6) is 0.522. The Kier molecular flexibility index (Phi) is 4.87. The lowest BCUT2D eigenvalue weighted by Gasteiger charge is -2.08. The Balaban J connectivity index is 1.33. The second-order valence-corrected chi connectivity index (χ2v) is 7.20. The normalized spacial score (nSPS) is 11.0. The van der Waals surface area contributed by atoms with Crippen LogP contribution in [0.25, 0.3) is 21.8 Å². The van der Waals surface area contributed by atoms with Crippen molar-refractivity contribution < 1.29 is 13.9 Å². The lowest BCUT2D eigenvalue weighted by atomic mass is 10.2. The van der Waals surface area contributed by atoms with E-state index in [-0.39, 0.29) is 12.5 Å². The molecule has 7 nitrogen and oxygen atoms in total. The molecular formula is C24H17FN4O3. The Hall–Kier alpha value is -4.46. The minimum Gasteiger partial charge on any atom is -0.457 e. The van der Waals surface area contributed by atoms with Gasteiger partial charge in [0, 0.05) is 17.3 Å². The van der Waals surface area contributed by atoms with E-state index in [1.54, 1.807) is 24.3 Å². The maximum Gasteiger partial charge on any atom is 0.276 e. The zero-order valence-electron chi connectivity index (χ0n) is 16.7. The van der Waals surface area contributed by atoms with Crippen molar-refractivity contribution in [3.63, 3.8) is 0 Å². The maximum atomic E-state index is 13.7. The molecule has 0 spiro atoms. The number of aromatic amines is 1. The van der Waals surface area contributed by atoms with Gasteiger partial charge in [0.1, 0.15) is 23.9 Å². The van der Waals surface area contributed by atoms with Crippen LogP contribution in [0.5, 0.6) is 11.5 Å². The number of para-hydroxylation sites is 1. The number of amides is 1. The number of benzene rings is 3. The monoisotopic (exact) mass is 428 g/mol. The van der Waals surface area contributed by atoms with Gasteiger partial charge in [-0.15, -0.1) is 0 Å². The van der Waals surface area contributed by atoms with E-state index in [2.05, 4.69) is 15.4 Å². The molecule has 2 N–H and O–H groups in total. The summed E-state index contributed by atoms with van der Waals surface area (Å²) in [5.41, 5.74) is 1.15. The standard InChI is InChI=1S/C24H17FN4O3/c25-15-6-11-21-19(12-15)23-20(13-26-21)24(31)29(28-23)14-22(30)27-16-7-9-18(10-8-16)32-17-4-2-1-3-5-17/h1-13,28H,14H2,(H,27,30). The zero-order chi connectivity index (χ0) is 22.1. The first-order valence-corrected chi connectivity index (χ1v) is 9.86. The minimum absolute atomic E-state index is 0.230. The Labute approximate surface area is 181 Å². The second-order valence-electron chi connectivity index (χ2n) is 7.20. The number of hydrogen-bond donors (Lipinski definition) is 2. The molecule has 0 radical (unpaired) electrons. The first-order chi connectivity index (χ1) is 15.6. The molecule has 5 rings (SSSR count). The van der Waals surface area contributed by atoms with E-state index in [0.717, 1.165) is 0 Å². The van der Waals surface area contributed by atoms with Crippen LogP contribution in [0.1, 0.15) is 0 Å². The van der Waals surface area contributed by atoms with Crippen molar-refractivity contribution in [2.75, 3.05) is 5.32 Å². The highest BCUT2D eigenvalue weighted by Crippen LogP contribution is 2.23. The molecule has 0 atom stereocenters. The molecule has 0 fully saturated rings. The van der Waals surface area contributed by atoms with Crippen molar-refractivity contribution in [1.29, 1.82) is 0 Å². The summed E-state index contributed by atoms with van der Waals surface area (Å²) in [5, 5.41) is 6.42. The fourth-order valence-electron chi connectivity index (χ4n) is 3.46. The van der Waals surface area contributed by atoms with Crippen molar-refractivity contribution >= 4 is 33.4 Å². The summed E-state index contributed by atoms with van der Waals surface area (Å²) in [6.45, 7) is -0.230. The van der Waals surface area contributed by atoms with Crippen LogP contribution in [0.15, 0.2) is 83.8 Å². The predicted molar refractivity (Wildman–Crippen MR) is 119 cm³/mol. The molecule has 1 amide bonds. The minimum atomic E-state index is -0.433. The quantitative estimate of drug-likeness (QED) is 0.433. The average molecular weight is 428 g/mol. The van der Waals surface area contributed by atoms with Crippen LogP contribution in [0, 0.1) is 5.82 Å². The third-order valence-electron chi connectivity index (χ3n) is 4.97. The molecule has 0 aliphatic rings. The first kappa shape index (κ1) is 19.5. The number of ether oxygens (including phenoxy) is 1. The van der Waals surface area contributed by atoms with Gasteiger partial charge in [0.2, 0.25) is 5.91 Å². The van der Waals surface area contributed by atoms with Crippen LogP contribution in [-0.4, -0.2) is 20.7 Å². The second kappa shape index (κ2) is 7.99. The largest absolute Gasteiger partial charge is 0.457 e. The molecule has 32 heavy (non-hydrogen) atoms. The van der Waals surface area contributed by atoms with E-state index in [1.807, 2.05) is 30.3 Å². The van der Waals surface area contributed by atoms with Crippen molar-refractivity contribution in [2.24, 2.45) is 0 Å². The molecule has 0 saturated heterocycles. The van der Waals surface area contributed by atoms with Crippen LogP contribution in [0.3, 0.4) is 0 Å². The van der Waals surface area contributed by atoms with Crippen LogP contribution >= 0.6 is 0 Å². The number of hydrogen-bond acceptors (Lipinski definition) is 4. The summed E-state index contributed by atoms with van der Waals surface area (Å²) < 4.78 is 20.6. The Morgan fingerprint density at radius 2 is 1.75 bits per heavy atom. The van der Waals surface area contributed by atoms with Crippen molar-refractivity contribution in [3.8, 4) is 11.5 Å². The summed E-state index contributed by atoms with van der Waals surface area (Å²) >= 11 is 0. The molecule has 0 bridgehead atoms. The summed E-state index contributed by atoms with van der Waals surface area (Å²) in [6, 6.07) is 20.4. The molecular weight excluding hydrogens is 411 g/mol. The number of fused-ring (bicyclic) bond motifs is 3. The number of rotatable bonds is 5. The smallest absolute Gasteiger partial charge is 0.276 e. The third kappa shape index (κ3) is 3.81. The number of carbonyl (C=O) groups is 1. The lowest BCUT2D eigenvalue weighted by molar-refractivity contribution is -0.116. The van der Waals surface area contributed by atoms with Gasteiger partial charge in [-0.1, -0.05) is 18.2 Å². The van der Waals surface area contributed by atoms with Gasteiger partial charge in [0.05, 0.1) is 16.4 Å². The highest BCUT2D eigenvalue weighted by molar-refractivity contribution is 6.02. The zero-order valence-corrected chi connectivity index (χ0v) is 16.7. The Morgan fingerprint density at radius 1 is 1.00 bits per heavy atom. The molecule has 2 aromatic heterocycles. The molecule has 0 aliphatic heterocycles. The number of nitrogens with one attached hydrogen (secondary N) is 2. The number of nitrogens with zero attached hydrogens (tertiary/aromatic N) is 2. The third-order valence-corrected chi connectivity index (χ3v) is 4.97. The Bertz CT molecular complexity index is 1490. The van der Waals surface area contributed by atoms with Gasteiger partial charge in [0.15, 0.2) is 0 Å². The van der Waals surface area contributed by atoms with E-state index < -0.39 is 11.4 Å². The molecule has 8 heteroatoms. The maximum absolute atomic E-state index is 13.7. The van der Waals surface area contributed by atoms with Gasteiger partial charge in [0.25, 0.3) is 5.56 Å².